The van der Waals surface area contributed by atoms with E-state index in [0.717, 1.165) is 36.3 Å². The summed E-state index contributed by atoms with van der Waals surface area (Å²) < 4.78 is 13.1. The first-order valence-electron chi connectivity index (χ1n) is 6.57. The summed E-state index contributed by atoms with van der Waals surface area (Å²) in [6.45, 7) is 6.54. The topological polar surface area (TPSA) is 16.1 Å². The van der Waals surface area contributed by atoms with Gasteiger partial charge in [-0.2, -0.15) is 0 Å². The van der Waals surface area contributed by atoms with Gasteiger partial charge in [-0.3, -0.25) is 0 Å². The van der Waals surface area contributed by atoms with Crippen molar-refractivity contribution in [3.63, 3.8) is 0 Å². The lowest BCUT2D eigenvalue weighted by molar-refractivity contribution is 0.310. The van der Waals surface area contributed by atoms with E-state index >= 15 is 0 Å². The van der Waals surface area contributed by atoms with E-state index < -0.39 is 0 Å². The molecule has 0 spiro atoms. The minimum Gasteiger partial charge on any atom is -0.356 e. The van der Waals surface area contributed by atoms with Crippen LogP contribution in [0.1, 0.15) is 32.3 Å². The van der Waals surface area contributed by atoms with Gasteiger partial charge in [0.25, 0.3) is 0 Å². The van der Waals surface area contributed by atoms with Crippen molar-refractivity contribution in [2.75, 3.05) is 18.0 Å². The zero-order valence-electron chi connectivity index (χ0n) is 11.0. The molecule has 1 saturated heterocycles. The Morgan fingerprint density at radius 2 is 2.11 bits per heavy atom. The molecule has 1 aliphatic rings. The van der Waals surface area contributed by atoms with E-state index in [4.69, 9.17) is 11.6 Å². The van der Waals surface area contributed by atoms with Crippen LogP contribution in [0.5, 0.6) is 0 Å². The Balaban J connectivity index is 2.09. The lowest BCUT2D eigenvalue weighted by Gasteiger charge is -2.35. The predicted octanol–water partition coefficient (Wildman–Crippen LogP) is 3.83. The van der Waals surface area contributed by atoms with Crippen molar-refractivity contribution in [3.05, 3.63) is 23.6 Å². The quantitative estimate of drug-likeness (QED) is 0.776. The van der Waals surface area contributed by atoms with E-state index in [1.807, 2.05) is 0 Å². The average molecular weight is 271 g/mol. The lowest BCUT2D eigenvalue weighted by Crippen LogP contribution is -2.36. The molecule has 2 nitrogen and oxygen atoms in total. The van der Waals surface area contributed by atoms with E-state index in [-0.39, 0.29) is 5.82 Å². The van der Waals surface area contributed by atoms with Crippen molar-refractivity contribution in [2.45, 2.75) is 32.6 Å². The molecule has 0 unspecified atom stereocenters. The molecular formula is C14H20ClFN2. The summed E-state index contributed by atoms with van der Waals surface area (Å²) in [5.41, 5.74) is 0.791. The van der Waals surface area contributed by atoms with Crippen LogP contribution in [0.3, 0.4) is 0 Å². The number of halogens is 2. The van der Waals surface area contributed by atoms with Crippen molar-refractivity contribution in [1.29, 1.82) is 0 Å². The fourth-order valence-electron chi connectivity index (χ4n) is 2.63. The Morgan fingerprint density at radius 3 is 2.67 bits per heavy atom. The molecule has 4 heteroatoms. The van der Waals surface area contributed by atoms with Gasteiger partial charge in [0, 0.05) is 18.7 Å². The zero-order valence-corrected chi connectivity index (χ0v) is 11.8. The van der Waals surface area contributed by atoms with E-state index in [9.17, 15) is 4.39 Å². The molecule has 0 saturated carbocycles. The highest BCUT2D eigenvalue weighted by atomic mass is 35.5. The fourth-order valence-corrected chi connectivity index (χ4v) is 2.83. The molecule has 0 aromatic carbocycles. The Morgan fingerprint density at radius 1 is 1.44 bits per heavy atom. The molecule has 0 bridgehead atoms. The molecule has 100 valence electrons. The molecule has 1 aromatic heterocycles. The van der Waals surface area contributed by atoms with Gasteiger partial charge >= 0.3 is 0 Å². The van der Waals surface area contributed by atoms with Crippen molar-refractivity contribution < 1.29 is 4.39 Å². The first-order chi connectivity index (χ1) is 8.61. The molecular weight excluding hydrogens is 251 g/mol. The number of hydrogen-bond donors (Lipinski definition) is 0. The summed E-state index contributed by atoms with van der Waals surface area (Å²) in [7, 11) is 0. The highest BCUT2D eigenvalue weighted by Crippen LogP contribution is 2.29. The van der Waals surface area contributed by atoms with Crippen LogP contribution in [0.2, 0.25) is 0 Å². The molecule has 0 aliphatic carbocycles. The van der Waals surface area contributed by atoms with Gasteiger partial charge in [-0.05, 0) is 30.7 Å². The maximum Gasteiger partial charge on any atom is 0.141 e. The number of nitrogens with zero attached hydrogens (tertiary/aromatic N) is 2. The number of alkyl halides is 1. The Labute approximate surface area is 113 Å². The van der Waals surface area contributed by atoms with Gasteiger partial charge in [-0.15, -0.1) is 11.6 Å². The van der Waals surface area contributed by atoms with Gasteiger partial charge in [0.2, 0.25) is 0 Å². The number of rotatable bonds is 3. The second-order valence-electron chi connectivity index (χ2n) is 5.34. The van der Waals surface area contributed by atoms with E-state index in [1.165, 1.54) is 25.1 Å². The van der Waals surface area contributed by atoms with Crippen molar-refractivity contribution in [3.8, 4) is 0 Å². The van der Waals surface area contributed by atoms with Crippen molar-refractivity contribution in [2.24, 2.45) is 11.8 Å². The molecule has 18 heavy (non-hydrogen) atoms. The summed E-state index contributed by atoms with van der Waals surface area (Å²) in [5.74, 6) is 2.38. The third-order valence-electron chi connectivity index (χ3n) is 3.84. The van der Waals surface area contributed by atoms with Crippen molar-refractivity contribution >= 4 is 17.4 Å². The highest BCUT2D eigenvalue weighted by molar-refractivity contribution is 6.17. The Kier molecular flexibility index (Phi) is 4.44. The summed E-state index contributed by atoms with van der Waals surface area (Å²) in [6.07, 6.45) is 3.64. The molecule has 2 rings (SSSR count). The molecule has 0 amide bonds. The highest BCUT2D eigenvalue weighted by Gasteiger charge is 2.23. The minimum atomic E-state index is -0.313. The van der Waals surface area contributed by atoms with Crippen LogP contribution >= 0.6 is 11.6 Å². The SMILES string of the molecule is CC(C)C1CCN(c2ncc(F)cc2CCl)CC1. The first kappa shape index (κ1) is 13.6. The van der Waals surface area contributed by atoms with Crippen LogP contribution in [0.15, 0.2) is 12.3 Å². The number of hydrogen-bond acceptors (Lipinski definition) is 2. The normalized spacial score (nSPS) is 17.5. The molecule has 0 N–H and O–H groups in total. The fraction of sp³-hybridized carbons (Fsp3) is 0.643. The van der Waals surface area contributed by atoms with Crippen LogP contribution in [0, 0.1) is 17.7 Å². The largest absolute Gasteiger partial charge is 0.356 e. The van der Waals surface area contributed by atoms with Gasteiger partial charge in [-0.1, -0.05) is 13.8 Å². The van der Waals surface area contributed by atoms with Crippen LogP contribution < -0.4 is 4.90 Å². The smallest absolute Gasteiger partial charge is 0.141 e. The van der Waals surface area contributed by atoms with Gasteiger partial charge < -0.3 is 4.90 Å². The van der Waals surface area contributed by atoms with E-state index in [2.05, 4.69) is 23.7 Å². The van der Waals surface area contributed by atoms with Gasteiger partial charge in [-0.25, -0.2) is 9.37 Å². The number of piperidine rings is 1. The molecule has 2 heterocycles. The van der Waals surface area contributed by atoms with Gasteiger partial charge in [0.05, 0.1) is 12.1 Å². The standard InChI is InChI=1S/C14H20ClFN2/c1-10(2)11-3-5-18(6-4-11)14-12(8-15)7-13(16)9-17-14/h7,9-11H,3-6,8H2,1-2H3. The van der Waals surface area contributed by atoms with E-state index in [0.29, 0.717) is 5.88 Å². The Bertz CT molecular complexity index is 401. The molecule has 1 fully saturated rings. The van der Waals surface area contributed by atoms with Crippen LogP contribution in [0.25, 0.3) is 0 Å². The van der Waals surface area contributed by atoms with Gasteiger partial charge in [0.1, 0.15) is 11.6 Å². The number of anilines is 1. The number of pyridine rings is 1. The number of aromatic nitrogens is 1. The summed E-state index contributed by atoms with van der Waals surface area (Å²) in [5, 5.41) is 0. The van der Waals surface area contributed by atoms with Crippen molar-refractivity contribution in [1.82, 2.24) is 4.98 Å². The summed E-state index contributed by atoms with van der Waals surface area (Å²) >= 11 is 5.87. The van der Waals surface area contributed by atoms with Gasteiger partial charge in [0.15, 0.2) is 0 Å². The monoisotopic (exact) mass is 270 g/mol. The Hall–Kier alpha value is -0.830. The second-order valence-corrected chi connectivity index (χ2v) is 5.61. The minimum absolute atomic E-state index is 0.310. The zero-order chi connectivity index (χ0) is 13.1. The van der Waals surface area contributed by atoms with Crippen LogP contribution in [0.4, 0.5) is 10.2 Å². The third-order valence-corrected chi connectivity index (χ3v) is 4.12. The first-order valence-corrected chi connectivity index (χ1v) is 7.10. The summed E-state index contributed by atoms with van der Waals surface area (Å²) in [6, 6.07) is 1.49. The predicted molar refractivity (Wildman–Crippen MR) is 73.5 cm³/mol. The summed E-state index contributed by atoms with van der Waals surface area (Å²) in [4.78, 5) is 6.44. The third kappa shape index (κ3) is 2.94. The molecule has 0 atom stereocenters. The molecule has 0 radical (unpaired) electrons. The lowest BCUT2D eigenvalue weighted by atomic mass is 9.86. The second kappa shape index (κ2) is 5.87. The van der Waals surface area contributed by atoms with Crippen LogP contribution in [-0.4, -0.2) is 18.1 Å². The average Bonchev–Trinajstić information content (AvgIpc) is 2.38. The molecule has 1 aromatic rings. The molecule has 1 aliphatic heterocycles. The maximum atomic E-state index is 13.1. The maximum absolute atomic E-state index is 13.1. The van der Waals surface area contributed by atoms with Crippen LogP contribution in [-0.2, 0) is 5.88 Å². The van der Waals surface area contributed by atoms with E-state index in [1.54, 1.807) is 0 Å².